The molecule has 3 rings (SSSR count). The number of carbonyl (C=O) groups excluding carboxylic acids is 1. The first-order valence-electron chi connectivity index (χ1n) is 7.88. The first kappa shape index (κ1) is 14.9. The quantitative estimate of drug-likeness (QED) is 0.879. The van der Waals surface area contributed by atoms with Gasteiger partial charge in [-0.1, -0.05) is 17.7 Å². The van der Waals surface area contributed by atoms with E-state index in [1.807, 2.05) is 11.8 Å². The molecular formula is C17H24N2OS. The van der Waals surface area contributed by atoms with E-state index >= 15 is 0 Å². The first-order valence-corrected chi connectivity index (χ1v) is 8.76. The Kier molecular flexibility index (Phi) is 4.27. The number of hydrogen-bond acceptors (Lipinski definition) is 3. The molecule has 0 heterocycles. The molecule has 0 bridgehead atoms. The summed E-state index contributed by atoms with van der Waals surface area (Å²) in [5, 5.41) is 4.02. The molecule has 1 amide bonds. The van der Waals surface area contributed by atoms with Gasteiger partial charge >= 0.3 is 0 Å². The monoisotopic (exact) mass is 304 g/mol. The van der Waals surface area contributed by atoms with Crippen molar-refractivity contribution in [2.24, 2.45) is 5.73 Å². The SMILES string of the molecule is Cc1cccc(SC2CCCC(NC3CC3)(C(N)=O)C2)c1. The van der Waals surface area contributed by atoms with Gasteiger partial charge in [0.05, 0.1) is 5.54 Å². The van der Waals surface area contributed by atoms with Crippen molar-refractivity contribution in [3.8, 4) is 0 Å². The van der Waals surface area contributed by atoms with Gasteiger partial charge in [0.1, 0.15) is 0 Å². The van der Waals surface area contributed by atoms with E-state index in [1.165, 1.54) is 29.7 Å². The largest absolute Gasteiger partial charge is 0.368 e. The maximum absolute atomic E-state index is 12.0. The number of rotatable bonds is 5. The number of aryl methyl sites for hydroxylation is 1. The average Bonchev–Trinajstić information content (AvgIpc) is 3.23. The summed E-state index contributed by atoms with van der Waals surface area (Å²) in [5.41, 5.74) is 6.56. The zero-order valence-corrected chi connectivity index (χ0v) is 13.4. The van der Waals surface area contributed by atoms with Crippen molar-refractivity contribution in [1.29, 1.82) is 0 Å². The van der Waals surface area contributed by atoms with Gasteiger partial charge in [-0.2, -0.15) is 0 Å². The van der Waals surface area contributed by atoms with E-state index in [2.05, 4.69) is 36.5 Å². The molecule has 2 aliphatic rings. The third-order valence-electron chi connectivity index (χ3n) is 4.53. The van der Waals surface area contributed by atoms with Crippen LogP contribution in [0, 0.1) is 6.92 Å². The zero-order chi connectivity index (χ0) is 14.9. The van der Waals surface area contributed by atoms with E-state index in [9.17, 15) is 4.79 Å². The minimum atomic E-state index is -0.471. The van der Waals surface area contributed by atoms with Crippen molar-refractivity contribution in [2.45, 2.75) is 67.2 Å². The van der Waals surface area contributed by atoms with Crippen molar-refractivity contribution in [3.63, 3.8) is 0 Å². The van der Waals surface area contributed by atoms with Gasteiger partial charge in [-0.15, -0.1) is 11.8 Å². The van der Waals surface area contributed by atoms with E-state index in [4.69, 9.17) is 5.73 Å². The number of thioether (sulfide) groups is 1. The smallest absolute Gasteiger partial charge is 0.237 e. The topological polar surface area (TPSA) is 55.1 Å². The van der Waals surface area contributed by atoms with Crippen LogP contribution in [0.1, 0.15) is 44.1 Å². The second-order valence-electron chi connectivity index (χ2n) is 6.52. The van der Waals surface area contributed by atoms with Crippen molar-refractivity contribution < 1.29 is 4.79 Å². The first-order chi connectivity index (χ1) is 10.1. The lowest BCUT2D eigenvalue weighted by Crippen LogP contribution is -2.59. The third kappa shape index (κ3) is 3.61. The molecule has 114 valence electrons. The van der Waals surface area contributed by atoms with Gasteiger partial charge in [0.15, 0.2) is 0 Å². The lowest BCUT2D eigenvalue weighted by Gasteiger charge is -2.39. The summed E-state index contributed by atoms with van der Waals surface area (Å²) in [6.07, 6.45) is 6.36. The number of nitrogens with two attached hydrogens (primary N) is 1. The molecular weight excluding hydrogens is 280 g/mol. The second kappa shape index (κ2) is 6.01. The summed E-state index contributed by atoms with van der Waals surface area (Å²) in [6.45, 7) is 2.12. The minimum absolute atomic E-state index is 0.163. The molecule has 3 nitrogen and oxygen atoms in total. The van der Waals surface area contributed by atoms with Crippen molar-refractivity contribution in [1.82, 2.24) is 5.32 Å². The Balaban J connectivity index is 1.70. The summed E-state index contributed by atoms with van der Waals surface area (Å²) in [7, 11) is 0. The Morgan fingerprint density at radius 2 is 2.19 bits per heavy atom. The molecule has 1 aromatic rings. The molecule has 4 heteroatoms. The van der Waals surface area contributed by atoms with Gasteiger partial charge in [-0.05, 0) is 57.6 Å². The van der Waals surface area contributed by atoms with Gasteiger partial charge in [0.2, 0.25) is 5.91 Å². The van der Waals surface area contributed by atoms with Crippen LogP contribution in [-0.4, -0.2) is 22.7 Å². The molecule has 0 aromatic heterocycles. The Bertz CT molecular complexity index is 529. The number of nitrogens with one attached hydrogen (secondary N) is 1. The van der Waals surface area contributed by atoms with Crippen LogP contribution in [0.25, 0.3) is 0 Å². The fourth-order valence-electron chi connectivity index (χ4n) is 3.25. The molecule has 21 heavy (non-hydrogen) atoms. The van der Waals surface area contributed by atoms with Crippen LogP contribution < -0.4 is 11.1 Å². The molecule has 0 spiro atoms. The minimum Gasteiger partial charge on any atom is -0.368 e. The van der Waals surface area contributed by atoms with E-state index in [-0.39, 0.29) is 5.91 Å². The van der Waals surface area contributed by atoms with Crippen molar-refractivity contribution in [2.75, 3.05) is 0 Å². The predicted molar refractivity (Wildman–Crippen MR) is 87.4 cm³/mol. The lowest BCUT2D eigenvalue weighted by atomic mass is 9.80. The Morgan fingerprint density at radius 3 is 2.86 bits per heavy atom. The molecule has 0 aliphatic heterocycles. The number of carbonyl (C=O) groups is 1. The van der Waals surface area contributed by atoms with E-state index in [0.29, 0.717) is 11.3 Å². The number of amides is 1. The van der Waals surface area contributed by atoms with Crippen LogP contribution in [0.4, 0.5) is 0 Å². The van der Waals surface area contributed by atoms with Crippen LogP contribution in [0.2, 0.25) is 0 Å². The average molecular weight is 304 g/mol. The van der Waals surface area contributed by atoms with Crippen LogP contribution in [-0.2, 0) is 4.79 Å². The van der Waals surface area contributed by atoms with Crippen molar-refractivity contribution in [3.05, 3.63) is 29.8 Å². The molecule has 2 aliphatic carbocycles. The van der Waals surface area contributed by atoms with E-state index < -0.39 is 5.54 Å². The van der Waals surface area contributed by atoms with Crippen LogP contribution in [0.15, 0.2) is 29.2 Å². The Morgan fingerprint density at radius 1 is 1.38 bits per heavy atom. The highest BCUT2D eigenvalue weighted by molar-refractivity contribution is 8.00. The molecule has 2 atom stereocenters. The Hall–Kier alpha value is -1.00. The highest BCUT2D eigenvalue weighted by Crippen LogP contribution is 2.40. The molecule has 3 N–H and O–H groups in total. The normalized spacial score (nSPS) is 29.3. The number of hydrogen-bond donors (Lipinski definition) is 2. The van der Waals surface area contributed by atoms with Crippen molar-refractivity contribution >= 4 is 17.7 Å². The van der Waals surface area contributed by atoms with E-state index in [1.54, 1.807) is 0 Å². The maximum Gasteiger partial charge on any atom is 0.237 e. The fraction of sp³-hybridized carbons (Fsp3) is 0.588. The molecule has 2 unspecified atom stereocenters. The molecule has 1 aromatic carbocycles. The van der Waals surface area contributed by atoms with Crippen LogP contribution in [0.3, 0.4) is 0 Å². The molecule has 2 saturated carbocycles. The summed E-state index contributed by atoms with van der Waals surface area (Å²) in [4.78, 5) is 13.3. The van der Waals surface area contributed by atoms with Gasteiger partial charge < -0.3 is 11.1 Å². The standard InChI is InChI=1S/C17H24N2OS/c1-12-4-2-5-14(10-12)21-15-6-3-9-17(11-15,16(18)20)19-13-7-8-13/h2,4-5,10,13,15,19H,3,6-9,11H2,1H3,(H2,18,20). The fourth-order valence-corrected chi connectivity index (χ4v) is 4.70. The number of benzene rings is 1. The van der Waals surface area contributed by atoms with Crippen LogP contribution in [0.5, 0.6) is 0 Å². The zero-order valence-electron chi connectivity index (χ0n) is 12.6. The van der Waals surface area contributed by atoms with Crippen LogP contribution >= 0.6 is 11.8 Å². The van der Waals surface area contributed by atoms with Gasteiger partial charge in [-0.3, -0.25) is 4.79 Å². The van der Waals surface area contributed by atoms with Gasteiger partial charge in [0, 0.05) is 16.2 Å². The highest BCUT2D eigenvalue weighted by Gasteiger charge is 2.44. The summed E-state index contributed by atoms with van der Waals surface area (Å²) >= 11 is 1.90. The summed E-state index contributed by atoms with van der Waals surface area (Å²) < 4.78 is 0. The summed E-state index contributed by atoms with van der Waals surface area (Å²) in [6, 6.07) is 9.11. The molecule has 2 fully saturated rings. The highest BCUT2D eigenvalue weighted by atomic mass is 32.2. The number of primary amides is 1. The Labute approximate surface area is 131 Å². The van der Waals surface area contributed by atoms with E-state index in [0.717, 1.165) is 19.3 Å². The van der Waals surface area contributed by atoms with Gasteiger partial charge in [-0.25, -0.2) is 0 Å². The maximum atomic E-state index is 12.0. The molecule has 0 radical (unpaired) electrons. The van der Waals surface area contributed by atoms with Gasteiger partial charge in [0.25, 0.3) is 0 Å². The lowest BCUT2D eigenvalue weighted by molar-refractivity contribution is -0.125. The predicted octanol–water partition coefficient (Wildman–Crippen LogP) is 3.01. The second-order valence-corrected chi connectivity index (χ2v) is 7.89. The summed E-state index contributed by atoms with van der Waals surface area (Å²) in [5.74, 6) is -0.163. The molecule has 0 saturated heterocycles. The third-order valence-corrected chi connectivity index (χ3v) is 5.79.